The lowest BCUT2D eigenvalue weighted by atomic mass is 10.1. The van der Waals surface area contributed by atoms with Crippen molar-refractivity contribution in [1.29, 1.82) is 5.26 Å². The third-order valence-corrected chi connectivity index (χ3v) is 10.4. The summed E-state index contributed by atoms with van der Waals surface area (Å²) in [5.41, 5.74) is 1.07. The van der Waals surface area contributed by atoms with Gasteiger partial charge in [0.15, 0.2) is 16.4 Å². The maximum Gasteiger partial charge on any atom is 0.393 e. The number of hydrogen-bond donors (Lipinski definition) is 2. The van der Waals surface area contributed by atoms with E-state index in [9.17, 15) is 30.0 Å². The van der Waals surface area contributed by atoms with E-state index in [2.05, 4.69) is 22.5 Å². The van der Waals surface area contributed by atoms with Crippen LogP contribution in [0.15, 0.2) is 41.3 Å². The Morgan fingerprint density at radius 2 is 1.88 bits per heavy atom. The lowest BCUT2D eigenvalue weighted by Crippen LogP contribution is -2.32. The van der Waals surface area contributed by atoms with Crippen molar-refractivity contribution in [2.75, 3.05) is 41.5 Å². The lowest BCUT2D eigenvalue weighted by Gasteiger charge is -2.24. The highest BCUT2D eigenvalue weighted by molar-refractivity contribution is 7.91. The van der Waals surface area contributed by atoms with Crippen molar-refractivity contribution in [3.63, 3.8) is 0 Å². The second-order valence-electron chi connectivity index (χ2n) is 9.49. The predicted octanol–water partition coefficient (Wildman–Crippen LogP) is 4.76. The molecule has 0 amide bonds. The molecule has 1 aliphatic heterocycles. The van der Waals surface area contributed by atoms with Crippen molar-refractivity contribution < 1.29 is 34.7 Å². The zero-order valence-corrected chi connectivity index (χ0v) is 24.3. The molecule has 3 aromatic rings. The van der Waals surface area contributed by atoms with Gasteiger partial charge in [-0.25, -0.2) is 16.8 Å². The molecule has 1 aromatic heterocycles. The summed E-state index contributed by atoms with van der Waals surface area (Å²) in [5.74, 6) is 5.93. The van der Waals surface area contributed by atoms with E-state index >= 15 is 0 Å². The van der Waals surface area contributed by atoms with E-state index in [1.165, 1.54) is 18.2 Å². The van der Waals surface area contributed by atoms with Gasteiger partial charge in [0.05, 0.1) is 50.3 Å². The van der Waals surface area contributed by atoms with Crippen LogP contribution in [0.4, 0.5) is 24.5 Å². The molecule has 0 unspecified atom stereocenters. The van der Waals surface area contributed by atoms with Crippen molar-refractivity contribution in [2.45, 2.75) is 36.4 Å². The molecule has 1 saturated heterocycles. The minimum Gasteiger partial charge on any atom is -0.477 e. The molecule has 0 saturated carbocycles. The van der Waals surface area contributed by atoms with Gasteiger partial charge in [0.1, 0.15) is 21.7 Å². The first-order valence-electron chi connectivity index (χ1n) is 12.4. The molecule has 2 N–H and O–H groups in total. The molecule has 0 spiro atoms. The maximum absolute atomic E-state index is 13.5. The van der Waals surface area contributed by atoms with Gasteiger partial charge in [-0.1, -0.05) is 24.0 Å². The van der Waals surface area contributed by atoms with Crippen LogP contribution in [0.3, 0.4) is 0 Å². The minimum absolute atomic E-state index is 0.00247. The molecule has 0 aliphatic carbocycles. The number of rotatable bonds is 8. The Morgan fingerprint density at radius 3 is 2.54 bits per heavy atom. The van der Waals surface area contributed by atoms with Gasteiger partial charge in [-0.3, -0.25) is 0 Å². The van der Waals surface area contributed by atoms with Gasteiger partial charge in [-0.05, 0) is 42.0 Å². The van der Waals surface area contributed by atoms with Gasteiger partial charge in [0, 0.05) is 18.4 Å². The van der Waals surface area contributed by atoms with E-state index in [4.69, 9.17) is 10.00 Å². The zero-order valence-electron chi connectivity index (χ0n) is 21.8. The Morgan fingerprint density at radius 1 is 1.15 bits per heavy atom. The molecule has 2 heterocycles. The van der Waals surface area contributed by atoms with Crippen LogP contribution in [0, 0.1) is 23.2 Å². The van der Waals surface area contributed by atoms with Crippen LogP contribution >= 0.6 is 11.3 Å². The number of benzene rings is 2. The summed E-state index contributed by atoms with van der Waals surface area (Å²) in [6.45, 7) is -0.314. The van der Waals surface area contributed by atoms with Crippen LogP contribution in [0.5, 0.6) is 5.75 Å². The Balaban J connectivity index is 1.60. The Hall–Kier alpha value is -3.46. The van der Waals surface area contributed by atoms with Crippen molar-refractivity contribution in [3.05, 3.63) is 46.8 Å². The minimum atomic E-state index is -4.46. The number of anilines is 2. The van der Waals surface area contributed by atoms with Crippen LogP contribution in [0.25, 0.3) is 10.1 Å². The van der Waals surface area contributed by atoms with Crippen molar-refractivity contribution >= 4 is 52.5 Å². The second-order valence-corrected chi connectivity index (χ2v) is 14.8. The average molecular weight is 626 g/mol. The number of alkyl halides is 3. The van der Waals surface area contributed by atoms with E-state index in [0.717, 1.165) is 17.6 Å². The Bertz CT molecular complexity index is 1750. The molecular formula is C27H26F3N3O5S3. The summed E-state index contributed by atoms with van der Waals surface area (Å²) in [6, 6.07) is 10.9. The molecule has 0 atom stereocenters. The monoisotopic (exact) mass is 625 g/mol. The van der Waals surface area contributed by atoms with Crippen molar-refractivity contribution in [3.8, 4) is 23.7 Å². The summed E-state index contributed by atoms with van der Waals surface area (Å²) in [5, 5.41) is 15.6. The predicted molar refractivity (Wildman–Crippen MR) is 153 cm³/mol. The highest BCUT2D eigenvalue weighted by Gasteiger charge is 2.31. The van der Waals surface area contributed by atoms with Crippen LogP contribution in [0.2, 0.25) is 0 Å². The number of thiophene rings is 1. The fourth-order valence-electron chi connectivity index (χ4n) is 4.39. The first-order chi connectivity index (χ1) is 19.3. The van der Waals surface area contributed by atoms with E-state index in [1.54, 1.807) is 18.2 Å². The first-order valence-corrected chi connectivity index (χ1v) is 16.9. The molecular weight excluding hydrogens is 600 g/mol. The second kappa shape index (κ2) is 12.2. The largest absolute Gasteiger partial charge is 0.477 e. The number of nitrogens with one attached hydrogen (secondary N) is 2. The maximum atomic E-state index is 13.5. The molecule has 14 heteroatoms. The number of sulfone groups is 2. The van der Waals surface area contributed by atoms with Crippen molar-refractivity contribution in [1.82, 2.24) is 0 Å². The summed E-state index contributed by atoms with van der Waals surface area (Å²) in [7, 11) is -6.58. The van der Waals surface area contributed by atoms with Crippen LogP contribution in [-0.4, -0.2) is 60.0 Å². The van der Waals surface area contributed by atoms with Gasteiger partial charge in [-0.2, -0.15) is 18.4 Å². The summed E-state index contributed by atoms with van der Waals surface area (Å²) in [4.78, 5) is 0.261. The summed E-state index contributed by atoms with van der Waals surface area (Å²) in [6.07, 6.45) is -3.74. The summed E-state index contributed by atoms with van der Waals surface area (Å²) >= 11 is 1.14. The number of ether oxygens (including phenoxy) is 1. The number of halogens is 3. The Labute approximate surface area is 240 Å². The third-order valence-electron chi connectivity index (χ3n) is 6.35. The highest BCUT2D eigenvalue weighted by atomic mass is 32.2. The molecule has 41 heavy (non-hydrogen) atoms. The van der Waals surface area contributed by atoms with E-state index in [0.29, 0.717) is 34.3 Å². The van der Waals surface area contributed by atoms with Gasteiger partial charge in [0.25, 0.3) is 0 Å². The summed E-state index contributed by atoms with van der Waals surface area (Å²) < 4.78 is 93.9. The smallest absolute Gasteiger partial charge is 0.393 e. The fraction of sp³-hybridized carbons (Fsp3) is 0.370. The molecule has 1 aliphatic rings. The van der Waals surface area contributed by atoms with Crippen molar-refractivity contribution in [2.24, 2.45) is 0 Å². The number of nitrogens with zero attached hydrogens (tertiary/aromatic N) is 1. The standard InChI is InChI=1S/C27H26F3N3O5S3/c1-40(34,35)19-7-8-22(24(16-19)38-13-11-31)32-12-3-6-25-21(17-27(28,29)30)20-4-2-5-23(26(20)39-25)33-18-9-14-41(36,37)15-10-18/h2,4-5,7-8,16,18,32-33H,9-10,12-15,17H2,1H3. The SMILES string of the molecule is CS(=O)(=O)c1ccc(NCC#Cc2sc3c(NC4CCS(=O)(=O)CC4)cccc3c2CC(F)(F)F)c(OCC#N)c1. The lowest BCUT2D eigenvalue weighted by molar-refractivity contribution is -0.126. The van der Waals surface area contributed by atoms with Gasteiger partial charge >= 0.3 is 6.18 Å². The molecule has 218 valence electrons. The molecule has 4 rings (SSSR count). The molecule has 8 nitrogen and oxygen atoms in total. The van der Waals surface area contributed by atoms with Crippen LogP contribution in [-0.2, 0) is 26.1 Å². The average Bonchev–Trinajstić information content (AvgIpc) is 3.23. The first kappa shape index (κ1) is 30.5. The zero-order chi connectivity index (χ0) is 29.8. The van der Waals surface area contributed by atoms with Gasteiger partial charge in [0.2, 0.25) is 0 Å². The normalized spacial score (nSPS) is 15.5. The topological polar surface area (TPSA) is 125 Å². The fourth-order valence-corrected chi connectivity index (χ4v) is 7.69. The molecule has 0 bridgehead atoms. The van der Waals surface area contributed by atoms with Gasteiger partial charge < -0.3 is 15.4 Å². The van der Waals surface area contributed by atoms with Crippen LogP contribution in [0.1, 0.15) is 23.3 Å². The van der Waals surface area contributed by atoms with Gasteiger partial charge in [-0.15, -0.1) is 11.3 Å². The number of fused-ring (bicyclic) bond motifs is 1. The quantitative estimate of drug-likeness (QED) is 0.343. The van der Waals surface area contributed by atoms with E-state index < -0.39 is 32.3 Å². The third kappa shape index (κ3) is 8.06. The van der Waals surface area contributed by atoms with E-state index in [-0.39, 0.29) is 51.8 Å². The van der Waals surface area contributed by atoms with Crippen LogP contribution < -0.4 is 15.4 Å². The number of hydrogen-bond acceptors (Lipinski definition) is 9. The Kier molecular flexibility index (Phi) is 9.07. The molecule has 0 radical (unpaired) electrons. The molecule has 1 fully saturated rings. The van der Waals surface area contributed by atoms with E-state index in [1.807, 2.05) is 6.07 Å². The molecule has 2 aromatic carbocycles. The highest BCUT2D eigenvalue weighted by Crippen LogP contribution is 2.39. The number of nitriles is 1.